The number of ether oxygens (including phenoxy) is 1. The number of amides is 1. The van der Waals surface area contributed by atoms with E-state index >= 15 is 0 Å². The van der Waals surface area contributed by atoms with Crippen molar-refractivity contribution in [3.05, 3.63) is 71.9 Å². The maximum absolute atomic E-state index is 12.5. The number of hydrogen-bond donors (Lipinski definition) is 1. The Balaban J connectivity index is 0.00000193. The predicted octanol–water partition coefficient (Wildman–Crippen LogP) is 2.10. The molecule has 1 aliphatic carbocycles. The van der Waals surface area contributed by atoms with Gasteiger partial charge in [0.25, 0.3) is 0 Å². The number of aryl methyl sites for hydroxylation is 1. The first kappa shape index (κ1) is 29.1. The van der Waals surface area contributed by atoms with E-state index in [2.05, 4.69) is 22.3 Å². The Morgan fingerprint density at radius 3 is 2.41 bits per heavy atom. The third-order valence-corrected chi connectivity index (χ3v) is 5.30. The molecule has 0 spiro atoms. The van der Waals surface area contributed by atoms with E-state index in [9.17, 15) is 9.59 Å². The quantitative estimate of drug-likeness (QED) is 0.351. The number of nitrogens with one attached hydrogen (secondary N) is 1. The van der Waals surface area contributed by atoms with Gasteiger partial charge in [-0.2, -0.15) is 5.10 Å². The summed E-state index contributed by atoms with van der Waals surface area (Å²) in [5.41, 5.74) is 2.83. The van der Waals surface area contributed by atoms with Gasteiger partial charge in [-0.15, -0.1) is 5.92 Å². The molecule has 0 bridgehead atoms. The Hall–Kier alpha value is -2.89. The van der Waals surface area contributed by atoms with Crippen LogP contribution in [0.2, 0.25) is 0 Å². The maximum atomic E-state index is 12.5. The van der Waals surface area contributed by atoms with E-state index in [-0.39, 0.29) is 48.6 Å². The molecule has 1 aromatic heterocycles. The standard InChI is InChI=1S/C25H22N3O3.CH4.Na.H2O/c1-18(20-6-4-3-5-7-20)31-24(30)27-23-22(16-26-28(23)2)21-10-8-19(9-11-21)12-13-25(17-29)14-15-25;;;/h3-11,16,18H,14-15H2,1-2H3,(H,27,30);1H4;;1H2/q-1;;+1;/p-1/t18-;;;/m1.../s1. The molecular formula is C26H27N3NaO4-. The van der Waals surface area contributed by atoms with Crippen LogP contribution in [0.15, 0.2) is 60.8 Å². The number of aromatic nitrogens is 2. The molecule has 0 radical (unpaired) electrons. The van der Waals surface area contributed by atoms with Gasteiger partial charge in [0.15, 0.2) is 0 Å². The molecule has 2 aromatic carbocycles. The monoisotopic (exact) mass is 468 g/mol. The van der Waals surface area contributed by atoms with E-state index in [1.54, 1.807) is 17.9 Å². The second-order valence-corrected chi connectivity index (χ2v) is 7.63. The maximum Gasteiger partial charge on any atom is 1.00 e. The van der Waals surface area contributed by atoms with Crippen LogP contribution in [0.1, 0.15) is 44.4 Å². The Labute approximate surface area is 222 Å². The molecule has 1 saturated carbocycles. The number of rotatable bonds is 5. The topological polar surface area (TPSA) is 103 Å². The zero-order valence-electron chi connectivity index (χ0n) is 18.8. The second-order valence-electron chi connectivity index (χ2n) is 7.63. The third kappa shape index (κ3) is 6.81. The Morgan fingerprint density at radius 1 is 1.18 bits per heavy atom. The van der Waals surface area contributed by atoms with E-state index in [4.69, 9.17) is 4.74 Å². The van der Waals surface area contributed by atoms with Gasteiger partial charge in [0.1, 0.15) is 11.9 Å². The molecule has 1 fully saturated rings. The Morgan fingerprint density at radius 2 is 1.82 bits per heavy atom. The predicted molar refractivity (Wildman–Crippen MR) is 127 cm³/mol. The van der Waals surface area contributed by atoms with Gasteiger partial charge in [-0.25, -0.2) is 11.1 Å². The number of carbonyl (C=O) groups is 1. The molecule has 4 rings (SSSR count). The zero-order chi connectivity index (χ0) is 21.8. The largest absolute Gasteiger partial charge is 1.00 e. The minimum atomic E-state index is -0.559. The number of anilines is 1. The molecule has 172 valence electrons. The van der Waals surface area contributed by atoms with Crippen molar-refractivity contribution in [3.8, 4) is 23.0 Å². The fourth-order valence-corrected chi connectivity index (χ4v) is 3.18. The molecule has 2 N–H and O–H groups in total. The molecular weight excluding hydrogens is 441 g/mol. The third-order valence-electron chi connectivity index (χ3n) is 5.30. The average Bonchev–Trinajstić information content (AvgIpc) is 3.50. The summed E-state index contributed by atoms with van der Waals surface area (Å²) in [7, 11) is 1.75. The number of hydrogen-bond acceptors (Lipinski definition) is 5. The van der Waals surface area contributed by atoms with Gasteiger partial charge in [-0.1, -0.05) is 74.1 Å². The van der Waals surface area contributed by atoms with Crippen LogP contribution in [0.25, 0.3) is 11.1 Å². The zero-order valence-corrected chi connectivity index (χ0v) is 20.8. The molecule has 34 heavy (non-hydrogen) atoms. The first-order valence-corrected chi connectivity index (χ1v) is 10.1. The SMILES string of the molecule is C.C[C@@H](OC(=O)Nc1c(-c2ccc(C#CC3([C-]=O)CC3)cc2)cnn1C)c1ccccc1.[Na+].[OH-]. The summed E-state index contributed by atoms with van der Waals surface area (Å²) in [4.78, 5) is 23.4. The van der Waals surface area contributed by atoms with Crippen molar-refractivity contribution in [1.29, 1.82) is 0 Å². The molecule has 7 nitrogen and oxygen atoms in total. The van der Waals surface area contributed by atoms with Crippen LogP contribution in [0.4, 0.5) is 10.6 Å². The summed E-state index contributed by atoms with van der Waals surface area (Å²) in [5.74, 6) is 6.59. The number of carbonyl (C=O) groups excluding carboxylic acids is 2. The normalized spacial score (nSPS) is 13.4. The molecule has 3 aromatic rings. The summed E-state index contributed by atoms with van der Waals surface area (Å²) in [6.45, 7) is 1.83. The van der Waals surface area contributed by atoms with Gasteiger partial charge in [0.2, 0.25) is 0 Å². The minimum Gasteiger partial charge on any atom is -0.870 e. The van der Waals surface area contributed by atoms with Crippen LogP contribution < -0.4 is 34.9 Å². The Bertz CT molecular complexity index is 1160. The fraction of sp³-hybridized carbons (Fsp3) is 0.269. The summed E-state index contributed by atoms with van der Waals surface area (Å²) < 4.78 is 7.11. The van der Waals surface area contributed by atoms with E-state index in [0.717, 1.165) is 35.1 Å². The van der Waals surface area contributed by atoms with Crippen LogP contribution >= 0.6 is 0 Å². The summed E-state index contributed by atoms with van der Waals surface area (Å²) in [5, 5.41) is 7.07. The van der Waals surface area contributed by atoms with Gasteiger partial charge in [0, 0.05) is 18.2 Å². The van der Waals surface area contributed by atoms with Crippen molar-refractivity contribution < 1.29 is 49.4 Å². The van der Waals surface area contributed by atoms with E-state index in [0.29, 0.717) is 5.82 Å². The van der Waals surface area contributed by atoms with Crippen LogP contribution in [0, 0.1) is 17.3 Å². The van der Waals surface area contributed by atoms with Crippen LogP contribution in [0.3, 0.4) is 0 Å². The van der Waals surface area contributed by atoms with Crippen molar-refractivity contribution in [3.63, 3.8) is 0 Å². The number of benzene rings is 2. The average molecular weight is 469 g/mol. The van der Waals surface area contributed by atoms with Crippen molar-refractivity contribution >= 4 is 18.2 Å². The Kier molecular flexibility index (Phi) is 10.7. The van der Waals surface area contributed by atoms with Gasteiger partial charge in [-0.3, -0.25) is 10.00 Å². The number of nitrogens with zero attached hydrogens (tertiary/aromatic N) is 2. The van der Waals surface area contributed by atoms with Crippen molar-refractivity contribution in [2.24, 2.45) is 12.5 Å². The summed E-state index contributed by atoms with van der Waals surface area (Å²) in [6, 6.07) is 17.1. The molecule has 0 saturated heterocycles. The first-order valence-electron chi connectivity index (χ1n) is 10.1. The van der Waals surface area contributed by atoms with Gasteiger partial charge in [-0.05, 0) is 30.2 Å². The van der Waals surface area contributed by atoms with Crippen molar-refractivity contribution in [1.82, 2.24) is 9.78 Å². The molecule has 1 heterocycles. The molecule has 1 atom stereocenters. The van der Waals surface area contributed by atoms with Crippen molar-refractivity contribution in [2.45, 2.75) is 33.3 Å². The second kappa shape index (κ2) is 12.5. The van der Waals surface area contributed by atoms with Gasteiger partial charge in [0.05, 0.1) is 6.20 Å². The molecule has 1 amide bonds. The smallest absolute Gasteiger partial charge is 0.870 e. The summed E-state index contributed by atoms with van der Waals surface area (Å²) >= 11 is 0. The first-order chi connectivity index (χ1) is 15.0. The molecule has 0 unspecified atom stereocenters. The van der Waals surface area contributed by atoms with E-state index in [1.165, 1.54) is 0 Å². The minimum absolute atomic E-state index is 0. The van der Waals surface area contributed by atoms with Crippen LogP contribution in [0.5, 0.6) is 0 Å². The van der Waals surface area contributed by atoms with E-state index in [1.807, 2.05) is 67.8 Å². The van der Waals surface area contributed by atoms with Gasteiger partial charge < -0.3 is 15.0 Å². The molecule has 8 heteroatoms. The van der Waals surface area contributed by atoms with E-state index < -0.39 is 11.5 Å². The van der Waals surface area contributed by atoms with Gasteiger partial charge >= 0.3 is 35.7 Å². The molecule has 0 aliphatic heterocycles. The summed E-state index contributed by atoms with van der Waals surface area (Å²) in [6.07, 6.45) is 4.35. The molecule has 1 aliphatic rings. The van der Waals surface area contributed by atoms with Crippen molar-refractivity contribution in [2.75, 3.05) is 5.32 Å². The van der Waals surface area contributed by atoms with Crippen LogP contribution in [-0.2, 0) is 16.6 Å². The fourth-order valence-electron chi connectivity index (χ4n) is 3.18. The van der Waals surface area contributed by atoms with Crippen LogP contribution in [-0.4, -0.2) is 27.6 Å².